The first-order chi connectivity index (χ1) is 4.34. The second-order valence-corrected chi connectivity index (χ2v) is 3.18. The van der Waals surface area contributed by atoms with E-state index in [0.29, 0.717) is 0 Å². The van der Waals surface area contributed by atoms with Gasteiger partial charge in [-0.2, -0.15) is 12.6 Å². The van der Waals surface area contributed by atoms with Gasteiger partial charge in [0, 0.05) is 9.78 Å². The lowest BCUT2D eigenvalue weighted by atomic mass is 10.5. The zero-order valence-electron chi connectivity index (χ0n) is 4.61. The molecule has 0 aromatic carbocycles. The molecule has 0 aliphatic rings. The monoisotopic (exact) mass is 174 g/mol. The third-order valence-electron chi connectivity index (χ3n) is 0.896. The molecule has 0 radical (unpaired) electrons. The molecule has 0 N–H and O–H groups in total. The van der Waals surface area contributed by atoms with Gasteiger partial charge in [0.05, 0.1) is 0 Å². The summed E-state index contributed by atoms with van der Waals surface area (Å²) >= 11 is 9.81. The molecule has 3 heteroatoms. The molecule has 0 spiro atoms. The summed E-state index contributed by atoms with van der Waals surface area (Å²) in [5.41, 5.74) is 0. The summed E-state index contributed by atoms with van der Waals surface area (Å²) in [6.07, 6.45) is 0. The Labute approximate surface area is 69.4 Å². The molecule has 0 amide bonds. The van der Waals surface area contributed by atoms with Crippen molar-refractivity contribution in [3.63, 3.8) is 0 Å². The first-order valence-corrected chi connectivity index (χ1v) is 4.26. The third-order valence-corrected chi connectivity index (χ3v) is 2.78. The maximum Gasteiger partial charge on any atom is 0.0408 e. The predicted molar refractivity (Wildman–Crippen MR) is 50.3 cm³/mol. The molecular formula is C6H6S3. The summed E-state index contributed by atoms with van der Waals surface area (Å²) in [5.74, 6) is 0. The Bertz CT molecular complexity index is 198. The standard InChI is InChI=1S/C6H6S3/c7-4-5(8)6-2-1-3-9-6/h1-4,7-8H. The lowest BCUT2D eigenvalue weighted by Gasteiger charge is -1.88. The minimum Gasteiger partial charge on any atom is -0.150 e. The van der Waals surface area contributed by atoms with Gasteiger partial charge in [0.25, 0.3) is 0 Å². The first kappa shape index (κ1) is 7.25. The fraction of sp³-hybridized carbons (Fsp3) is 0. The van der Waals surface area contributed by atoms with E-state index in [1.54, 1.807) is 16.7 Å². The topological polar surface area (TPSA) is 0 Å². The molecule has 0 bridgehead atoms. The molecular weight excluding hydrogens is 168 g/mol. The van der Waals surface area contributed by atoms with Gasteiger partial charge in [0.2, 0.25) is 0 Å². The number of thiol groups is 2. The molecule has 0 aliphatic heterocycles. The van der Waals surface area contributed by atoms with Gasteiger partial charge in [0.1, 0.15) is 0 Å². The molecule has 1 aromatic rings. The van der Waals surface area contributed by atoms with Gasteiger partial charge in [0.15, 0.2) is 0 Å². The highest BCUT2D eigenvalue weighted by Crippen LogP contribution is 2.23. The van der Waals surface area contributed by atoms with Crippen LogP contribution in [0.4, 0.5) is 0 Å². The van der Waals surface area contributed by atoms with E-state index >= 15 is 0 Å². The summed E-state index contributed by atoms with van der Waals surface area (Å²) < 4.78 is 0. The Balaban J connectivity index is 2.90. The third kappa shape index (κ3) is 1.78. The van der Waals surface area contributed by atoms with Gasteiger partial charge >= 0.3 is 0 Å². The van der Waals surface area contributed by atoms with Crippen LogP contribution in [0.25, 0.3) is 4.91 Å². The summed E-state index contributed by atoms with van der Waals surface area (Å²) in [6.45, 7) is 0. The molecule has 0 fully saturated rings. The quantitative estimate of drug-likeness (QED) is 0.601. The number of hydrogen-bond donors (Lipinski definition) is 2. The summed E-state index contributed by atoms with van der Waals surface area (Å²) in [4.78, 5) is 2.08. The van der Waals surface area contributed by atoms with Crippen LogP contribution in [0, 0.1) is 0 Å². The fourth-order valence-electron chi connectivity index (χ4n) is 0.488. The van der Waals surface area contributed by atoms with Crippen LogP contribution >= 0.6 is 36.6 Å². The predicted octanol–water partition coefficient (Wildman–Crippen LogP) is 2.91. The van der Waals surface area contributed by atoms with Crippen molar-refractivity contribution in [2.24, 2.45) is 0 Å². The average molecular weight is 174 g/mol. The van der Waals surface area contributed by atoms with Crippen LogP contribution in [-0.2, 0) is 0 Å². The highest BCUT2D eigenvalue weighted by molar-refractivity contribution is 7.93. The Hall–Kier alpha value is 0.140. The van der Waals surface area contributed by atoms with Gasteiger partial charge in [-0.1, -0.05) is 6.07 Å². The van der Waals surface area contributed by atoms with Crippen molar-refractivity contribution in [1.29, 1.82) is 0 Å². The molecule has 1 aromatic heterocycles. The van der Waals surface area contributed by atoms with Gasteiger partial charge < -0.3 is 0 Å². The maximum absolute atomic E-state index is 4.18. The second-order valence-electron chi connectivity index (χ2n) is 1.49. The Morgan fingerprint density at radius 2 is 2.44 bits per heavy atom. The highest BCUT2D eigenvalue weighted by Gasteiger charge is 1.92. The van der Waals surface area contributed by atoms with E-state index in [9.17, 15) is 0 Å². The van der Waals surface area contributed by atoms with Crippen molar-refractivity contribution in [2.45, 2.75) is 0 Å². The largest absolute Gasteiger partial charge is 0.150 e. The second kappa shape index (κ2) is 3.34. The number of rotatable bonds is 1. The molecule has 0 atom stereocenters. The fourth-order valence-corrected chi connectivity index (χ4v) is 1.59. The molecule has 1 heterocycles. The van der Waals surface area contributed by atoms with Crippen molar-refractivity contribution in [3.05, 3.63) is 27.8 Å². The van der Waals surface area contributed by atoms with Crippen molar-refractivity contribution in [2.75, 3.05) is 0 Å². The van der Waals surface area contributed by atoms with Crippen molar-refractivity contribution >= 4 is 41.5 Å². The van der Waals surface area contributed by atoms with Crippen molar-refractivity contribution in [3.8, 4) is 0 Å². The van der Waals surface area contributed by atoms with Crippen LogP contribution in [0.5, 0.6) is 0 Å². The van der Waals surface area contributed by atoms with Crippen LogP contribution in [0.3, 0.4) is 0 Å². The van der Waals surface area contributed by atoms with E-state index in [-0.39, 0.29) is 0 Å². The average Bonchev–Trinajstić information content (AvgIpc) is 2.37. The normalized spacial score (nSPS) is 12.0. The molecule has 48 valence electrons. The molecule has 0 nitrogen and oxygen atoms in total. The summed E-state index contributed by atoms with van der Waals surface area (Å²) in [7, 11) is 0. The Kier molecular flexibility index (Phi) is 2.69. The number of thiophene rings is 1. The van der Waals surface area contributed by atoms with Crippen LogP contribution in [-0.4, -0.2) is 0 Å². The van der Waals surface area contributed by atoms with Crippen LogP contribution in [0.2, 0.25) is 0 Å². The van der Waals surface area contributed by atoms with Gasteiger partial charge in [-0.3, -0.25) is 0 Å². The minimum atomic E-state index is 0.924. The Morgan fingerprint density at radius 1 is 1.67 bits per heavy atom. The van der Waals surface area contributed by atoms with Gasteiger partial charge in [-0.25, -0.2) is 0 Å². The van der Waals surface area contributed by atoms with E-state index < -0.39 is 0 Å². The molecule has 0 saturated carbocycles. The molecule has 0 aliphatic carbocycles. The van der Waals surface area contributed by atoms with Crippen LogP contribution < -0.4 is 0 Å². The number of hydrogen-bond acceptors (Lipinski definition) is 3. The van der Waals surface area contributed by atoms with Crippen LogP contribution in [0.1, 0.15) is 4.88 Å². The zero-order valence-corrected chi connectivity index (χ0v) is 7.22. The van der Waals surface area contributed by atoms with Gasteiger partial charge in [-0.05, 0) is 16.9 Å². The lowest BCUT2D eigenvalue weighted by Crippen LogP contribution is -1.60. The van der Waals surface area contributed by atoms with Crippen molar-refractivity contribution in [1.82, 2.24) is 0 Å². The Morgan fingerprint density at radius 3 is 2.89 bits per heavy atom. The smallest absolute Gasteiger partial charge is 0.0408 e. The summed E-state index contributed by atoms with van der Waals surface area (Å²) in [5, 5.41) is 3.71. The van der Waals surface area contributed by atoms with Gasteiger partial charge in [-0.15, -0.1) is 24.0 Å². The first-order valence-electron chi connectivity index (χ1n) is 2.42. The molecule has 0 unspecified atom stereocenters. The zero-order chi connectivity index (χ0) is 6.69. The molecule has 0 saturated heterocycles. The maximum atomic E-state index is 4.18. The lowest BCUT2D eigenvalue weighted by molar-refractivity contribution is 1.95. The van der Waals surface area contributed by atoms with E-state index in [1.807, 2.05) is 17.5 Å². The van der Waals surface area contributed by atoms with E-state index in [4.69, 9.17) is 0 Å². The SMILES string of the molecule is SC=C(S)c1cccs1. The molecule has 1 rings (SSSR count). The van der Waals surface area contributed by atoms with Crippen LogP contribution in [0.15, 0.2) is 22.9 Å². The van der Waals surface area contributed by atoms with Crippen molar-refractivity contribution < 1.29 is 0 Å². The summed E-state index contributed by atoms with van der Waals surface area (Å²) in [6, 6.07) is 4.01. The molecule has 9 heavy (non-hydrogen) atoms. The highest BCUT2D eigenvalue weighted by atomic mass is 32.1. The van der Waals surface area contributed by atoms with E-state index in [0.717, 1.165) is 9.78 Å². The van der Waals surface area contributed by atoms with E-state index in [1.165, 1.54) is 0 Å². The van der Waals surface area contributed by atoms with E-state index in [2.05, 4.69) is 25.3 Å². The minimum absolute atomic E-state index is 0.924.